The van der Waals surface area contributed by atoms with Gasteiger partial charge in [0.2, 0.25) is 6.04 Å². The molecule has 0 radical (unpaired) electrons. The number of halogens is 1. The summed E-state index contributed by atoms with van der Waals surface area (Å²) in [5, 5.41) is 11.3. The van der Waals surface area contributed by atoms with Crippen molar-refractivity contribution in [2.24, 2.45) is 0 Å². The number of rotatable bonds is 4. The van der Waals surface area contributed by atoms with Crippen LogP contribution in [0.3, 0.4) is 0 Å². The Kier molecular flexibility index (Phi) is 4.99. The third kappa shape index (κ3) is 3.32. The molecule has 8 nitrogen and oxygen atoms in total. The predicted molar refractivity (Wildman–Crippen MR) is 109 cm³/mol. The summed E-state index contributed by atoms with van der Waals surface area (Å²) in [6.45, 7) is 6.77. The first-order valence-corrected chi connectivity index (χ1v) is 9.38. The summed E-state index contributed by atoms with van der Waals surface area (Å²) in [6, 6.07) is 8.78. The molecule has 1 heterocycles. The van der Waals surface area contributed by atoms with Crippen LogP contribution in [0.1, 0.15) is 6.42 Å². The first kappa shape index (κ1) is 20.2. The normalized spacial score (nSPS) is 20.5. The molecule has 1 aliphatic carbocycles. The fourth-order valence-electron chi connectivity index (χ4n) is 4.06. The van der Waals surface area contributed by atoms with Crippen LogP contribution in [-0.2, 0) is 9.59 Å². The molecule has 0 saturated carbocycles. The standard InChI is InChI=1S/C22H16FN3O5/c1-24-16-10-18(26(29)30)21-19(27)11-25(22(28)20(16)21)17-7-6-13(9-15(17)23)12-4-3-5-14(8-12)31-2/h3-9,16,18H,10-11H2,2H3. The van der Waals surface area contributed by atoms with Crippen molar-refractivity contribution in [3.8, 4) is 16.9 Å². The number of nitrogens with zero attached hydrogens (tertiary/aromatic N) is 3. The van der Waals surface area contributed by atoms with Gasteiger partial charge in [-0.25, -0.2) is 11.0 Å². The average molecular weight is 421 g/mol. The molecular weight excluding hydrogens is 405 g/mol. The molecular formula is C22H16FN3O5. The van der Waals surface area contributed by atoms with Gasteiger partial charge in [0.05, 0.1) is 31.3 Å². The molecule has 0 aromatic heterocycles. The summed E-state index contributed by atoms with van der Waals surface area (Å²) in [7, 11) is 1.52. The molecule has 31 heavy (non-hydrogen) atoms. The smallest absolute Gasteiger partial charge is 0.263 e. The number of hydrogen-bond acceptors (Lipinski definition) is 5. The minimum atomic E-state index is -1.38. The first-order valence-electron chi connectivity index (χ1n) is 9.38. The Bertz CT molecular complexity index is 1200. The van der Waals surface area contributed by atoms with Gasteiger partial charge in [-0.15, -0.1) is 0 Å². The lowest BCUT2D eigenvalue weighted by molar-refractivity contribution is -0.510. The number of benzene rings is 2. The number of anilines is 1. The third-order valence-electron chi connectivity index (χ3n) is 5.53. The second kappa shape index (κ2) is 7.65. The number of carbonyl (C=O) groups is 2. The molecule has 2 aromatic rings. The van der Waals surface area contributed by atoms with Gasteiger partial charge in [-0.2, -0.15) is 0 Å². The highest BCUT2D eigenvalue weighted by Gasteiger charge is 2.54. The van der Waals surface area contributed by atoms with E-state index >= 15 is 4.39 Å². The number of carbonyl (C=O) groups excluding carboxylic acids is 2. The van der Waals surface area contributed by atoms with E-state index in [0.717, 1.165) is 4.90 Å². The van der Waals surface area contributed by atoms with E-state index < -0.39 is 41.1 Å². The van der Waals surface area contributed by atoms with E-state index in [1.165, 1.54) is 19.2 Å². The molecule has 0 bridgehead atoms. The van der Waals surface area contributed by atoms with Gasteiger partial charge >= 0.3 is 0 Å². The maximum absolute atomic E-state index is 15.0. The third-order valence-corrected chi connectivity index (χ3v) is 5.53. The molecule has 0 spiro atoms. The van der Waals surface area contributed by atoms with Crippen LogP contribution in [-0.4, -0.2) is 42.4 Å². The molecule has 2 aromatic carbocycles. The Morgan fingerprint density at radius 2 is 1.94 bits per heavy atom. The van der Waals surface area contributed by atoms with E-state index in [2.05, 4.69) is 4.85 Å². The van der Waals surface area contributed by atoms with Crippen LogP contribution < -0.4 is 9.64 Å². The molecule has 0 N–H and O–H groups in total. The minimum Gasteiger partial charge on any atom is -0.497 e. The molecule has 2 unspecified atom stereocenters. The zero-order chi connectivity index (χ0) is 22.3. The van der Waals surface area contributed by atoms with E-state index in [0.29, 0.717) is 16.9 Å². The highest BCUT2D eigenvalue weighted by atomic mass is 19.1. The largest absolute Gasteiger partial charge is 0.497 e. The van der Waals surface area contributed by atoms with Crippen LogP contribution in [0, 0.1) is 22.5 Å². The molecule has 2 atom stereocenters. The number of methoxy groups -OCH3 is 1. The summed E-state index contributed by atoms with van der Waals surface area (Å²) in [6.07, 6.45) is -0.232. The Hall–Kier alpha value is -4.06. The summed E-state index contributed by atoms with van der Waals surface area (Å²) in [4.78, 5) is 40.6. The van der Waals surface area contributed by atoms with E-state index in [4.69, 9.17) is 11.3 Å². The summed E-state index contributed by atoms with van der Waals surface area (Å²) < 4.78 is 20.2. The van der Waals surface area contributed by atoms with E-state index in [1.54, 1.807) is 30.3 Å². The van der Waals surface area contributed by atoms with E-state index in [9.17, 15) is 19.7 Å². The average Bonchev–Trinajstić information content (AvgIpc) is 3.17. The van der Waals surface area contributed by atoms with Crippen LogP contribution >= 0.6 is 0 Å². The lowest BCUT2D eigenvalue weighted by Crippen LogP contribution is -2.44. The van der Waals surface area contributed by atoms with Crippen molar-refractivity contribution in [2.75, 3.05) is 18.6 Å². The van der Waals surface area contributed by atoms with Crippen molar-refractivity contribution in [3.63, 3.8) is 0 Å². The topological polar surface area (TPSA) is 94.1 Å². The molecule has 2 aliphatic rings. The second-order valence-corrected chi connectivity index (χ2v) is 7.22. The van der Waals surface area contributed by atoms with Crippen molar-refractivity contribution in [1.29, 1.82) is 0 Å². The molecule has 156 valence electrons. The second-order valence-electron chi connectivity index (χ2n) is 7.22. The number of amides is 1. The van der Waals surface area contributed by atoms with Gasteiger partial charge in [-0.05, 0) is 35.4 Å². The van der Waals surface area contributed by atoms with Crippen molar-refractivity contribution in [2.45, 2.75) is 18.5 Å². The zero-order valence-corrected chi connectivity index (χ0v) is 16.4. The fraction of sp³-hybridized carbons (Fsp3) is 0.227. The molecule has 0 saturated heterocycles. The molecule has 1 aliphatic heterocycles. The van der Waals surface area contributed by atoms with Crippen molar-refractivity contribution >= 4 is 17.4 Å². The van der Waals surface area contributed by atoms with Crippen molar-refractivity contribution < 1.29 is 23.6 Å². The van der Waals surface area contributed by atoms with Gasteiger partial charge in [0, 0.05) is 4.92 Å². The number of Topliss-reactive ketones (excluding diaryl/α,β-unsaturated/α-hetero) is 1. The summed E-state index contributed by atoms with van der Waals surface area (Å²) in [5.74, 6) is -1.51. The van der Waals surface area contributed by atoms with Crippen LogP contribution in [0.15, 0.2) is 53.6 Å². The van der Waals surface area contributed by atoms with Crippen LogP contribution in [0.25, 0.3) is 16.0 Å². The first-order chi connectivity index (χ1) is 14.8. The number of nitro groups is 1. The quantitative estimate of drug-likeness (QED) is 0.430. The summed E-state index contributed by atoms with van der Waals surface area (Å²) in [5.41, 5.74) is 0.715. The van der Waals surface area contributed by atoms with Gasteiger partial charge in [-0.1, -0.05) is 18.2 Å². The van der Waals surface area contributed by atoms with Crippen LogP contribution in [0.5, 0.6) is 5.75 Å². The molecule has 1 amide bonds. The van der Waals surface area contributed by atoms with Gasteiger partial charge in [0.15, 0.2) is 5.78 Å². The van der Waals surface area contributed by atoms with Gasteiger partial charge in [-0.3, -0.25) is 24.6 Å². The minimum absolute atomic E-state index is 0.121. The molecule has 9 heteroatoms. The Morgan fingerprint density at radius 3 is 2.58 bits per heavy atom. The van der Waals surface area contributed by atoms with Gasteiger partial charge in [0.1, 0.15) is 17.1 Å². The summed E-state index contributed by atoms with van der Waals surface area (Å²) >= 11 is 0. The monoisotopic (exact) mass is 421 g/mol. The number of ketones is 1. The maximum Gasteiger partial charge on any atom is 0.263 e. The van der Waals surface area contributed by atoms with Crippen LogP contribution in [0.2, 0.25) is 0 Å². The number of hydrogen-bond donors (Lipinski definition) is 0. The highest BCUT2D eigenvalue weighted by molar-refractivity contribution is 6.21. The van der Waals surface area contributed by atoms with Crippen molar-refractivity contribution in [1.82, 2.24) is 0 Å². The Balaban J connectivity index is 1.72. The lowest BCUT2D eigenvalue weighted by Gasteiger charge is -2.27. The van der Waals surface area contributed by atoms with E-state index in [1.807, 2.05) is 0 Å². The SMILES string of the molecule is [C-]#[N+]C1CC([N+](=O)[O-])C2=C1C(=O)N(c1ccc(-c3cccc(OC)c3)cc1F)CC2=O. The highest BCUT2D eigenvalue weighted by Crippen LogP contribution is 2.38. The maximum atomic E-state index is 15.0. The molecule has 4 rings (SSSR count). The van der Waals surface area contributed by atoms with Gasteiger partial charge in [0.25, 0.3) is 11.9 Å². The molecule has 0 fully saturated rings. The fourth-order valence-corrected chi connectivity index (χ4v) is 4.06. The van der Waals surface area contributed by atoms with Crippen LogP contribution in [0.4, 0.5) is 10.1 Å². The lowest BCUT2D eigenvalue weighted by atomic mass is 9.96. The predicted octanol–water partition coefficient (Wildman–Crippen LogP) is 3.05. The van der Waals surface area contributed by atoms with Crippen molar-refractivity contribution in [3.05, 3.63) is 81.0 Å². The van der Waals surface area contributed by atoms with E-state index in [-0.39, 0.29) is 23.3 Å². The Morgan fingerprint density at radius 1 is 1.19 bits per heavy atom. The van der Waals surface area contributed by atoms with Gasteiger partial charge < -0.3 is 9.58 Å². The zero-order valence-electron chi connectivity index (χ0n) is 16.4. The number of ether oxygens (including phenoxy) is 1. The Labute approximate surface area is 176 Å².